The Morgan fingerprint density at radius 1 is 1.19 bits per heavy atom. The van der Waals surface area contributed by atoms with E-state index >= 15 is 0 Å². The first-order valence-electron chi connectivity index (χ1n) is 8.07. The van der Waals surface area contributed by atoms with Crippen molar-refractivity contribution in [2.75, 3.05) is 0 Å². The van der Waals surface area contributed by atoms with Gasteiger partial charge in [0.05, 0.1) is 30.4 Å². The second-order valence-corrected chi connectivity index (χ2v) is 6.03. The van der Waals surface area contributed by atoms with E-state index in [0.717, 1.165) is 25.7 Å². The molecule has 112 valence electrons. The molecule has 2 heterocycles. The van der Waals surface area contributed by atoms with Crippen molar-refractivity contribution in [3.8, 4) is 11.3 Å². The van der Waals surface area contributed by atoms with E-state index < -0.39 is 0 Å². The molecule has 3 nitrogen and oxygen atoms in total. The number of fused-ring (bicyclic) bond motifs is 3. The number of aromatic nitrogens is 2. The number of aliphatic hydroxyl groups excluding tert-OH is 1. The SMILES string of the molecule is CCCC(O)C(CCC)C1c2ccccc2-c2cncn21. The quantitative estimate of drug-likeness (QED) is 0.869. The monoisotopic (exact) mass is 284 g/mol. The zero-order valence-electron chi connectivity index (χ0n) is 12.9. The number of imidazole rings is 1. The minimum Gasteiger partial charge on any atom is -0.393 e. The number of rotatable bonds is 6. The van der Waals surface area contributed by atoms with E-state index in [1.54, 1.807) is 0 Å². The first-order valence-corrected chi connectivity index (χ1v) is 8.07. The summed E-state index contributed by atoms with van der Waals surface area (Å²) in [6, 6.07) is 8.77. The van der Waals surface area contributed by atoms with Gasteiger partial charge in [0.15, 0.2) is 0 Å². The summed E-state index contributed by atoms with van der Waals surface area (Å²) in [5.41, 5.74) is 3.79. The molecule has 3 unspecified atom stereocenters. The van der Waals surface area contributed by atoms with Crippen LogP contribution in [0, 0.1) is 5.92 Å². The van der Waals surface area contributed by atoms with E-state index in [0.29, 0.717) is 0 Å². The largest absolute Gasteiger partial charge is 0.393 e. The Morgan fingerprint density at radius 3 is 2.71 bits per heavy atom. The number of nitrogens with zero attached hydrogens (tertiary/aromatic N) is 2. The molecular formula is C18H24N2O. The summed E-state index contributed by atoms with van der Waals surface area (Å²) < 4.78 is 2.25. The maximum atomic E-state index is 10.7. The molecule has 0 radical (unpaired) electrons. The van der Waals surface area contributed by atoms with E-state index in [9.17, 15) is 5.11 Å². The molecule has 0 bridgehead atoms. The maximum Gasteiger partial charge on any atom is 0.0956 e. The molecule has 0 saturated heterocycles. The van der Waals surface area contributed by atoms with Crippen molar-refractivity contribution in [2.24, 2.45) is 5.92 Å². The van der Waals surface area contributed by atoms with Crippen LogP contribution < -0.4 is 0 Å². The van der Waals surface area contributed by atoms with Gasteiger partial charge in [-0.3, -0.25) is 0 Å². The highest BCUT2D eigenvalue weighted by atomic mass is 16.3. The van der Waals surface area contributed by atoms with Crippen LogP contribution in [-0.2, 0) is 0 Å². The molecule has 0 spiro atoms. The van der Waals surface area contributed by atoms with Crippen LogP contribution in [0.3, 0.4) is 0 Å². The van der Waals surface area contributed by atoms with Crippen LogP contribution in [0.15, 0.2) is 36.8 Å². The average molecular weight is 284 g/mol. The molecule has 3 atom stereocenters. The number of hydrogen-bond acceptors (Lipinski definition) is 2. The molecule has 2 aromatic rings. The van der Waals surface area contributed by atoms with E-state index in [2.05, 4.69) is 47.7 Å². The fourth-order valence-electron chi connectivity index (χ4n) is 3.71. The molecule has 1 aromatic carbocycles. The van der Waals surface area contributed by atoms with E-state index in [1.165, 1.54) is 16.8 Å². The molecule has 1 N–H and O–H groups in total. The molecule has 21 heavy (non-hydrogen) atoms. The van der Waals surface area contributed by atoms with E-state index in [-0.39, 0.29) is 18.1 Å². The van der Waals surface area contributed by atoms with E-state index in [1.807, 2.05) is 12.5 Å². The Kier molecular flexibility index (Phi) is 4.11. The summed E-state index contributed by atoms with van der Waals surface area (Å²) in [5, 5.41) is 10.7. The van der Waals surface area contributed by atoms with Crippen molar-refractivity contribution < 1.29 is 5.11 Å². The fraction of sp³-hybridized carbons (Fsp3) is 0.500. The lowest BCUT2D eigenvalue weighted by molar-refractivity contribution is 0.0722. The van der Waals surface area contributed by atoms with Crippen LogP contribution in [0.4, 0.5) is 0 Å². The van der Waals surface area contributed by atoms with Gasteiger partial charge in [-0.15, -0.1) is 0 Å². The van der Waals surface area contributed by atoms with Gasteiger partial charge in [0.25, 0.3) is 0 Å². The molecule has 3 heteroatoms. The second-order valence-electron chi connectivity index (χ2n) is 6.03. The summed E-state index contributed by atoms with van der Waals surface area (Å²) >= 11 is 0. The van der Waals surface area contributed by atoms with E-state index in [4.69, 9.17) is 0 Å². The van der Waals surface area contributed by atoms with Crippen LogP contribution in [0.5, 0.6) is 0 Å². The maximum absolute atomic E-state index is 10.7. The lowest BCUT2D eigenvalue weighted by Crippen LogP contribution is -2.29. The summed E-state index contributed by atoms with van der Waals surface area (Å²) in [4.78, 5) is 4.32. The summed E-state index contributed by atoms with van der Waals surface area (Å²) in [5.74, 6) is 0.256. The first kappa shape index (κ1) is 14.3. The molecule has 0 saturated carbocycles. The zero-order chi connectivity index (χ0) is 14.8. The third kappa shape index (κ3) is 2.40. The van der Waals surface area contributed by atoms with Crippen molar-refractivity contribution in [3.63, 3.8) is 0 Å². The number of benzene rings is 1. The van der Waals surface area contributed by atoms with Crippen molar-refractivity contribution in [1.29, 1.82) is 0 Å². The normalized spacial score (nSPS) is 19.1. The van der Waals surface area contributed by atoms with Crippen LogP contribution in [0.25, 0.3) is 11.3 Å². The molecule has 0 fully saturated rings. The van der Waals surface area contributed by atoms with Crippen molar-refractivity contribution in [1.82, 2.24) is 9.55 Å². The third-order valence-corrected chi connectivity index (χ3v) is 4.63. The van der Waals surface area contributed by atoms with Gasteiger partial charge in [0.2, 0.25) is 0 Å². The summed E-state index contributed by atoms with van der Waals surface area (Å²) in [7, 11) is 0. The lowest BCUT2D eigenvalue weighted by atomic mass is 9.83. The predicted molar refractivity (Wildman–Crippen MR) is 85.1 cm³/mol. The van der Waals surface area contributed by atoms with Gasteiger partial charge in [0, 0.05) is 11.5 Å². The minimum atomic E-state index is -0.249. The predicted octanol–water partition coefficient (Wildman–Crippen LogP) is 4.03. The van der Waals surface area contributed by atoms with Crippen LogP contribution >= 0.6 is 0 Å². The summed E-state index contributed by atoms with van der Waals surface area (Å²) in [6.45, 7) is 4.33. The minimum absolute atomic E-state index is 0.222. The van der Waals surface area contributed by atoms with Crippen molar-refractivity contribution in [2.45, 2.75) is 51.7 Å². The van der Waals surface area contributed by atoms with Gasteiger partial charge < -0.3 is 9.67 Å². The lowest BCUT2D eigenvalue weighted by Gasteiger charge is -2.30. The Labute approximate surface area is 126 Å². The fourth-order valence-corrected chi connectivity index (χ4v) is 3.71. The molecule has 0 amide bonds. The molecule has 1 aliphatic heterocycles. The van der Waals surface area contributed by atoms with Gasteiger partial charge in [-0.05, 0) is 18.4 Å². The van der Waals surface area contributed by atoms with Gasteiger partial charge in [-0.1, -0.05) is 51.0 Å². The summed E-state index contributed by atoms with van der Waals surface area (Å²) in [6.07, 6.45) is 7.63. The highest BCUT2D eigenvalue weighted by molar-refractivity contribution is 5.69. The second kappa shape index (κ2) is 6.02. The molecular weight excluding hydrogens is 260 g/mol. The average Bonchev–Trinajstić information content (AvgIpc) is 3.06. The zero-order valence-corrected chi connectivity index (χ0v) is 12.9. The number of hydrogen-bond donors (Lipinski definition) is 1. The Morgan fingerprint density at radius 2 is 1.95 bits per heavy atom. The van der Waals surface area contributed by atoms with Gasteiger partial charge in [-0.25, -0.2) is 4.98 Å². The smallest absolute Gasteiger partial charge is 0.0956 e. The number of aliphatic hydroxyl groups is 1. The van der Waals surface area contributed by atoms with Crippen LogP contribution in [0.2, 0.25) is 0 Å². The van der Waals surface area contributed by atoms with Crippen molar-refractivity contribution >= 4 is 0 Å². The highest BCUT2D eigenvalue weighted by Gasteiger charge is 2.36. The molecule has 1 aliphatic rings. The third-order valence-electron chi connectivity index (χ3n) is 4.63. The molecule has 1 aromatic heterocycles. The van der Waals surface area contributed by atoms with Crippen LogP contribution in [-0.4, -0.2) is 20.8 Å². The standard InChI is InChI=1S/C18H24N2O/c1-3-7-15(17(21)8-4-2)18-14-10-6-5-9-13(14)16-11-19-12-20(16)18/h5-6,9-12,15,17-18,21H,3-4,7-8H2,1-2H3. The molecule has 0 aliphatic carbocycles. The van der Waals surface area contributed by atoms with Gasteiger partial charge in [0.1, 0.15) is 0 Å². The molecule has 3 rings (SSSR count). The van der Waals surface area contributed by atoms with Gasteiger partial charge >= 0.3 is 0 Å². The van der Waals surface area contributed by atoms with Crippen molar-refractivity contribution in [3.05, 3.63) is 42.4 Å². The topological polar surface area (TPSA) is 38.1 Å². The highest BCUT2D eigenvalue weighted by Crippen LogP contribution is 2.45. The van der Waals surface area contributed by atoms with Crippen LogP contribution in [0.1, 0.15) is 51.1 Å². The Balaban J connectivity index is 2.03. The Hall–Kier alpha value is -1.61. The Bertz CT molecular complexity index is 605. The van der Waals surface area contributed by atoms with Gasteiger partial charge in [-0.2, -0.15) is 0 Å². The first-order chi connectivity index (χ1) is 10.3.